The van der Waals surface area contributed by atoms with Gasteiger partial charge in [-0.3, -0.25) is 4.79 Å². The minimum atomic E-state index is -0.298. The normalized spacial score (nSPS) is 11.8. The molecule has 25 heavy (non-hydrogen) atoms. The number of amides is 1. The Hall–Kier alpha value is -2.88. The van der Waals surface area contributed by atoms with Crippen molar-refractivity contribution in [1.82, 2.24) is 5.43 Å². The van der Waals surface area contributed by atoms with Gasteiger partial charge >= 0.3 is 0 Å². The van der Waals surface area contributed by atoms with Crippen molar-refractivity contribution in [2.75, 3.05) is 6.61 Å². The summed E-state index contributed by atoms with van der Waals surface area (Å²) in [4.78, 5) is 11.8. The molecule has 0 heterocycles. The predicted molar refractivity (Wildman–Crippen MR) is 103 cm³/mol. The molecule has 2 rings (SSSR count). The van der Waals surface area contributed by atoms with Crippen LogP contribution in [0.15, 0.2) is 65.8 Å². The molecule has 0 radical (unpaired) electrons. The van der Waals surface area contributed by atoms with Gasteiger partial charge in [-0.15, -0.1) is 0 Å². The zero-order chi connectivity index (χ0) is 18.1. The maximum Gasteiger partial charge on any atom is 0.277 e. The smallest absolute Gasteiger partial charge is 0.277 e. The minimum absolute atomic E-state index is 0.0482. The van der Waals surface area contributed by atoms with Crippen LogP contribution >= 0.6 is 0 Å². The SMILES string of the molecule is CC(C)(C)c1ccccc1OCC(=O)N/N=C/C=C/c1ccccc1. The number of benzene rings is 2. The van der Waals surface area contributed by atoms with E-state index >= 15 is 0 Å². The van der Waals surface area contributed by atoms with Crippen molar-refractivity contribution >= 4 is 18.2 Å². The molecular weight excluding hydrogens is 312 g/mol. The number of para-hydroxylation sites is 1. The Balaban J connectivity index is 1.82. The zero-order valence-electron chi connectivity index (χ0n) is 14.9. The van der Waals surface area contributed by atoms with Gasteiger partial charge in [-0.25, -0.2) is 5.43 Å². The summed E-state index contributed by atoms with van der Waals surface area (Å²) in [6.07, 6.45) is 5.21. The summed E-state index contributed by atoms with van der Waals surface area (Å²) in [7, 11) is 0. The van der Waals surface area contributed by atoms with Crippen molar-refractivity contribution in [2.45, 2.75) is 26.2 Å². The molecule has 2 aromatic carbocycles. The number of carbonyl (C=O) groups is 1. The lowest BCUT2D eigenvalue weighted by molar-refractivity contribution is -0.123. The first kappa shape index (κ1) is 18.5. The number of hydrogen-bond acceptors (Lipinski definition) is 3. The lowest BCUT2D eigenvalue weighted by atomic mass is 9.86. The second-order valence-corrected chi connectivity index (χ2v) is 6.62. The number of nitrogens with one attached hydrogen (secondary N) is 1. The number of ether oxygens (including phenoxy) is 1. The van der Waals surface area contributed by atoms with Gasteiger partial charge in [0, 0.05) is 6.21 Å². The monoisotopic (exact) mass is 336 g/mol. The Morgan fingerprint density at radius 1 is 1.08 bits per heavy atom. The van der Waals surface area contributed by atoms with Gasteiger partial charge in [0.15, 0.2) is 6.61 Å². The van der Waals surface area contributed by atoms with E-state index < -0.39 is 0 Å². The van der Waals surface area contributed by atoms with E-state index in [0.717, 1.165) is 16.9 Å². The molecule has 0 saturated heterocycles. The third-order valence-corrected chi connectivity index (χ3v) is 3.49. The van der Waals surface area contributed by atoms with Crippen LogP contribution in [-0.2, 0) is 10.2 Å². The zero-order valence-corrected chi connectivity index (χ0v) is 14.9. The van der Waals surface area contributed by atoms with Gasteiger partial charge in [0.2, 0.25) is 0 Å². The van der Waals surface area contributed by atoms with Crippen LogP contribution in [0.25, 0.3) is 6.08 Å². The molecule has 1 N–H and O–H groups in total. The summed E-state index contributed by atoms with van der Waals surface area (Å²) in [5, 5.41) is 3.88. The average Bonchev–Trinajstić information content (AvgIpc) is 2.60. The van der Waals surface area contributed by atoms with E-state index in [1.165, 1.54) is 6.21 Å². The second-order valence-electron chi connectivity index (χ2n) is 6.62. The highest BCUT2D eigenvalue weighted by Gasteiger charge is 2.18. The first-order valence-electron chi connectivity index (χ1n) is 8.23. The number of hydrogen-bond donors (Lipinski definition) is 1. The van der Waals surface area contributed by atoms with Crippen molar-refractivity contribution in [1.29, 1.82) is 0 Å². The van der Waals surface area contributed by atoms with Crippen LogP contribution in [-0.4, -0.2) is 18.7 Å². The molecule has 0 unspecified atom stereocenters. The van der Waals surface area contributed by atoms with E-state index in [0.29, 0.717) is 0 Å². The number of carbonyl (C=O) groups excluding carboxylic acids is 1. The molecule has 0 aliphatic heterocycles. The van der Waals surface area contributed by atoms with Crippen LogP contribution in [0, 0.1) is 0 Å². The number of allylic oxidation sites excluding steroid dienone is 1. The molecule has 4 heteroatoms. The van der Waals surface area contributed by atoms with Crippen LogP contribution in [0.3, 0.4) is 0 Å². The standard InChI is InChI=1S/C21H24N2O2/c1-21(2,3)18-13-7-8-14-19(18)25-16-20(24)23-22-15-9-12-17-10-5-4-6-11-17/h4-15H,16H2,1-3H3,(H,23,24)/b12-9+,22-15+. The van der Waals surface area contributed by atoms with Crippen LogP contribution in [0.5, 0.6) is 5.75 Å². The highest BCUT2D eigenvalue weighted by molar-refractivity contribution is 5.82. The maximum atomic E-state index is 11.8. The van der Waals surface area contributed by atoms with Gasteiger partial charge in [-0.1, -0.05) is 75.4 Å². The number of nitrogens with zero attached hydrogens (tertiary/aromatic N) is 1. The molecule has 0 atom stereocenters. The van der Waals surface area contributed by atoms with Gasteiger partial charge in [0.05, 0.1) is 0 Å². The average molecular weight is 336 g/mol. The van der Waals surface area contributed by atoms with E-state index in [1.807, 2.05) is 60.7 Å². The largest absolute Gasteiger partial charge is 0.483 e. The Labute approximate surface area is 149 Å². The highest BCUT2D eigenvalue weighted by atomic mass is 16.5. The lowest BCUT2D eigenvalue weighted by Gasteiger charge is -2.22. The molecule has 0 aliphatic carbocycles. The van der Waals surface area contributed by atoms with E-state index in [2.05, 4.69) is 31.3 Å². The topological polar surface area (TPSA) is 50.7 Å². The molecule has 0 spiro atoms. The summed E-state index contributed by atoms with van der Waals surface area (Å²) >= 11 is 0. The molecule has 2 aromatic rings. The third kappa shape index (κ3) is 6.26. The van der Waals surface area contributed by atoms with Gasteiger partial charge in [-0.2, -0.15) is 5.10 Å². The predicted octanol–water partition coefficient (Wildman–Crippen LogP) is 4.18. The van der Waals surface area contributed by atoms with Crippen LogP contribution < -0.4 is 10.2 Å². The Kier molecular flexibility index (Phi) is 6.52. The van der Waals surface area contributed by atoms with E-state index in [1.54, 1.807) is 6.08 Å². The molecule has 4 nitrogen and oxygen atoms in total. The third-order valence-electron chi connectivity index (χ3n) is 3.49. The van der Waals surface area contributed by atoms with Gasteiger partial charge in [-0.05, 0) is 28.7 Å². The van der Waals surface area contributed by atoms with Gasteiger partial charge in [0.25, 0.3) is 5.91 Å². The summed E-state index contributed by atoms with van der Waals surface area (Å²) in [6, 6.07) is 17.6. The van der Waals surface area contributed by atoms with Crippen LogP contribution in [0.2, 0.25) is 0 Å². The van der Waals surface area contributed by atoms with Crippen molar-refractivity contribution < 1.29 is 9.53 Å². The summed E-state index contributed by atoms with van der Waals surface area (Å²) in [5.74, 6) is 0.422. The van der Waals surface area contributed by atoms with Crippen molar-refractivity contribution in [3.63, 3.8) is 0 Å². The van der Waals surface area contributed by atoms with Crippen LogP contribution in [0.4, 0.5) is 0 Å². The Morgan fingerprint density at radius 2 is 1.76 bits per heavy atom. The molecule has 0 aromatic heterocycles. The summed E-state index contributed by atoms with van der Waals surface area (Å²) < 4.78 is 5.65. The van der Waals surface area contributed by atoms with Gasteiger partial charge < -0.3 is 4.74 Å². The summed E-state index contributed by atoms with van der Waals surface area (Å²) in [5.41, 5.74) is 4.54. The molecule has 1 amide bonds. The number of rotatable bonds is 6. The Bertz CT molecular complexity index is 744. The second kappa shape index (κ2) is 8.83. The van der Waals surface area contributed by atoms with Crippen molar-refractivity contribution in [3.05, 3.63) is 71.8 Å². The maximum absolute atomic E-state index is 11.8. The van der Waals surface area contributed by atoms with Crippen LogP contribution in [0.1, 0.15) is 31.9 Å². The van der Waals surface area contributed by atoms with Gasteiger partial charge in [0.1, 0.15) is 5.75 Å². The number of hydrazone groups is 1. The molecule has 0 fully saturated rings. The minimum Gasteiger partial charge on any atom is -0.483 e. The molecule has 130 valence electrons. The molecule has 0 aliphatic rings. The van der Waals surface area contributed by atoms with E-state index in [4.69, 9.17) is 4.74 Å². The van der Waals surface area contributed by atoms with E-state index in [-0.39, 0.29) is 17.9 Å². The lowest BCUT2D eigenvalue weighted by Crippen LogP contribution is -2.25. The molecule has 0 bridgehead atoms. The molecular formula is C21H24N2O2. The fourth-order valence-electron chi connectivity index (χ4n) is 2.26. The Morgan fingerprint density at radius 3 is 2.48 bits per heavy atom. The fraction of sp³-hybridized carbons (Fsp3) is 0.238. The van der Waals surface area contributed by atoms with Crippen molar-refractivity contribution in [3.8, 4) is 5.75 Å². The molecule has 0 saturated carbocycles. The summed E-state index contributed by atoms with van der Waals surface area (Å²) in [6.45, 7) is 6.25. The van der Waals surface area contributed by atoms with E-state index in [9.17, 15) is 4.79 Å². The fourth-order valence-corrected chi connectivity index (χ4v) is 2.26. The highest BCUT2D eigenvalue weighted by Crippen LogP contribution is 2.30. The first-order chi connectivity index (χ1) is 12.0. The first-order valence-corrected chi connectivity index (χ1v) is 8.23. The quantitative estimate of drug-likeness (QED) is 0.635. The van der Waals surface area contributed by atoms with Crippen molar-refractivity contribution in [2.24, 2.45) is 5.10 Å².